The molecule has 15 heavy (non-hydrogen) atoms. The molecule has 0 bridgehead atoms. The summed E-state index contributed by atoms with van der Waals surface area (Å²) in [5.74, 6) is 0.753. The Bertz CT molecular complexity index is 373. The first-order chi connectivity index (χ1) is 7.45. The Hall–Kier alpha value is -1.65. The van der Waals surface area contributed by atoms with Gasteiger partial charge in [-0.05, 0) is 5.56 Å². The minimum absolute atomic E-state index is 0.521. The van der Waals surface area contributed by atoms with Crippen LogP contribution in [0.15, 0.2) is 47.3 Å². The van der Waals surface area contributed by atoms with Gasteiger partial charge in [-0.25, -0.2) is 4.98 Å². The maximum Gasteiger partial charge on any atom is 0.180 e. The van der Waals surface area contributed by atoms with Crippen molar-refractivity contribution in [3.05, 3.63) is 54.2 Å². The molecule has 0 unspecified atom stereocenters. The van der Waals surface area contributed by atoms with E-state index in [0.29, 0.717) is 13.2 Å². The molecule has 0 saturated heterocycles. The Morgan fingerprint density at radius 1 is 1.27 bits per heavy atom. The monoisotopic (exact) mass is 204 g/mol. The summed E-state index contributed by atoms with van der Waals surface area (Å²) in [6.07, 6.45) is 3.05. The van der Waals surface area contributed by atoms with E-state index in [1.165, 1.54) is 6.39 Å². The van der Waals surface area contributed by atoms with E-state index in [9.17, 15) is 0 Å². The van der Waals surface area contributed by atoms with Crippen LogP contribution >= 0.6 is 0 Å². The molecule has 78 valence electrons. The molecule has 0 fully saturated rings. The first-order valence-corrected chi connectivity index (χ1v) is 4.71. The second-order valence-electron chi connectivity index (χ2n) is 3.06. The maximum atomic E-state index is 5.26. The average Bonchev–Trinajstić information content (AvgIpc) is 2.79. The van der Waals surface area contributed by atoms with Gasteiger partial charge in [0.15, 0.2) is 6.39 Å². The molecule has 2 aromatic rings. The van der Waals surface area contributed by atoms with E-state index in [4.69, 9.17) is 9.25 Å². The summed E-state index contributed by atoms with van der Waals surface area (Å²) >= 11 is 0. The fourth-order valence-corrected chi connectivity index (χ4v) is 1.16. The third-order valence-corrected chi connectivity index (χ3v) is 1.91. The van der Waals surface area contributed by atoms with E-state index in [-0.39, 0.29) is 0 Å². The number of hydrogen-bond donors (Lipinski definition) is 1. The molecular formula is C11H12N2O2. The third kappa shape index (κ3) is 3.19. The molecule has 0 spiro atoms. The lowest BCUT2D eigenvalue weighted by Gasteiger charge is -2.03. The molecule has 0 saturated carbocycles. The molecule has 0 atom stereocenters. The Morgan fingerprint density at radius 3 is 2.87 bits per heavy atom. The molecule has 1 aromatic heterocycles. The molecule has 0 aliphatic rings. The predicted octanol–water partition coefficient (Wildman–Crippen LogP) is 1.90. The third-order valence-electron chi connectivity index (χ3n) is 1.91. The minimum atomic E-state index is 0.521. The second-order valence-corrected chi connectivity index (χ2v) is 3.06. The molecule has 4 nitrogen and oxygen atoms in total. The van der Waals surface area contributed by atoms with Crippen molar-refractivity contribution in [1.82, 2.24) is 10.5 Å². The van der Waals surface area contributed by atoms with Crippen LogP contribution in [0.2, 0.25) is 0 Å². The molecule has 1 N–H and O–H groups in total. The van der Waals surface area contributed by atoms with Crippen molar-refractivity contribution in [2.24, 2.45) is 0 Å². The van der Waals surface area contributed by atoms with E-state index < -0.39 is 0 Å². The summed E-state index contributed by atoms with van der Waals surface area (Å²) in [7, 11) is 0. The fourth-order valence-electron chi connectivity index (χ4n) is 1.16. The highest BCUT2D eigenvalue weighted by molar-refractivity contribution is 5.13. The summed E-state index contributed by atoms with van der Waals surface area (Å²) in [4.78, 5) is 9.05. The van der Waals surface area contributed by atoms with E-state index in [1.54, 1.807) is 6.20 Å². The average molecular weight is 204 g/mol. The lowest BCUT2D eigenvalue weighted by molar-refractivity contribution is 0.0202. The Morgan fingerprint density at radius 2 is 2.13 bits per heavy atom. The number of rotatable bonds is 5. The van der Waals surface area contributed by atoms with Gasteiger partial charge in [0, 0.05) is 0 Å². The van der Waals surface area contributed by atoms with Gasteiger partial charge in [-0.15, -0.1) is 0 Å². The second kappa shape index (κ2) is 5.29. The summed E-state index contributed by atoms with van der Waals surface area (Å²) in [6.45, 7) is 1.06. The van der Waals surface area contributed by atoms with Crippen LogP contribution in [0.3, 0.4) is 0 Å². The molecule has 2 rings (SSSR count). The van der Waals surface area contributed by atoms with Crippen molar-refractivity contribution < 1.29 is 9.25 Å². The van der Waals surface area contributed by atoms with Crippen molar-refractivity contribution in [1.29, 1.82) is 0 Å². The normalized spacial score (nSPS) is 10.4. The van der Waals surface area contributed by atoms with Gasteiger partial charge in [-0.2, -0.15) is 5.48 Å². The largest absolute Gasteiger partial charge is 0.447 e. The van der Waals surface area contributed by atoms with Crippen LogP contribution in [-0.2, 0) is 18.0 Å². The van der Waals surface area contributed by atoms with E-state index >= 15 is 0 Å². The van der Waals surface area contributed by atoms with Crippen LogP contribution in [0, 0.1) is 0 Å². The number of oxazole rings is 1. The molecule has 0 amide bonds. The molecule has 0 radical (unpaired) electrons. The van der Waals surface area contributed by atoms with Crippen molar-refractivity contribution in [3.63, 3.8) is 0 Å². The van der Waals surface area contributed by atoms with Crippen LogP contribution in [0.25, 0.3) is 0 Å². The zero-order chi connectivity index (χ0) is 10.3. The van der Waals surface area contributed by atoms with Crippen molar-refractivity contribution >= 4 is 0 Å². The predicted molar refractivity (Wildman–Crippen MR) is 54.6 cm³/mol. The molecule has 4 heteroatoms. The first kappa shape index (κ1) is 9.89. The van der Waals surface area contributed by atoms with Gasteiger partial charge in [-0.1, -0.05) is 30.3 Å². The smallest absolute Gasteiger partial charge is 0.180 e. The quantitative estimate of drug-likeness (QED) is 0.597. The van der Waals surface area contributed by atoms with Gasteiger partial charge in [0.1, 0.15) is 5.76 Å². The molecule has 1 aromatic carbocycles. The summed E-state index contributed by atoms with van der Waals surface area (Å²) in [5, 5.41) is 0. The molecule has 0 aliphatic heterocycles. The lowest BCUT2D eigenvalue weighted by Crippen LogP contribution is -2.13. The van der Waals surface area contributed by atoms with Crippen LogP contribution in [0.5, 0.6) is 0 Å². The van der Waals surface area contributed by atoms with Gasteiger partial charge in [0.2, 0.25) is 0 Å². The van der Waals surface area contributed by atoms with Crippen LogP contribution in [-0.4, -0.2) is 4.98 Å². The SMILES string of the molecule is c1ccc(CONCc2cnco2)cc1. The van der Waals surface area contributed by atoms with Crippen LogP contribution < -0.4 is 5.48 Å². The van der Waals surface area contributed by atoms with Gasteiger partial charge in [0.05, 0.1) is 19.3 Å². The Labute approximate surface area is 87.8 Å². The van der Waals surface area contributed by atoms with Gasteiger partial charge in [0.25, 0.3) is 0 Å². The fraction of sp³-hybridized carbons (Fsp3) is 0.182. The number of aromatic nitrogens is 1. The van der Waals surface area contributed by atoms with Crippen molar-refractivity contribution in [2.45, 2.75) is 13.2 Å². The van der Waals surface area contributed by atoms with E-state index in [1.807, 2.05) is 30.3 Å². The summed E-state index contributed by atoms with van der Waals surface area (Å²) in [5.41, 5.74) is 3.93. The molecule has 1 heterocycles. The topological polar surface area (TPSA) is 47.3 Å². The van der Waals surface area contributed by atoms with E-state index in [2.05, 4.69) is 10.5 Å². The Balaban J connectivity index is 1.68. The zero-order valence-electron chi connectivity index (χ0n) is 8.22. The maximum absolute atomic E-state index is 5.26. The summed E-state index contributed by atoms with van der Waals surface area (Å²) in [6, 6.07) is 9.96. The number of hydroxylamine groups is 1. The summed E-state index contributed by atoms with van der Waals surface area (Å²) < 4.78 is 5.03. The van der Waals surface area contributed by atoms with Crippen molar-refractivity contribution in [2.75, 3.05) is 0 Å². The Kier molecular flexibility index (Phi) is 3.48. The van der Waals surface area contributed by atoms with Crippen molar-refractivity contribution in [3.8, 4) is 0 Å². The molecular weight excluding hydrogens is 192 g/mol. The standard InChI is InChI=1S/C11H12N2O2/c1-2-4-10(5-3-1)8-15-13-7-11-6-12-9-14-11/h1-6,9,13H,7-8H2. The number of benzene rings is 1. The highest BCUT2D eigenvalue weighted by Crippen LogP contribution is 2.00. The number of hydrogen-bond acceptors (Lipinski definition) is 4. The van der Waals surface area contributed by atoms with Gasteiger partial charge < -0.3 is 4.42 Å². The van der Waals surface area contributed by atoms with Gasteiger partial charge >= 0.3 is 0 Å². The van der Waals surface area contributed by atoms with Gasteiger partial charge in [-0.3, -0.25) is 4.84 Å². The molecule has 0 aliphatic carbocycles. The minimum Gasteiger partial charge on any atom is -0.447 e. The number of nitrogens with one attached hydrogen (secondary N) is 1. The highest BCUT2D eigenvalue weighted by atomic mass is 16.6. The highest BCUT2D eigenvalue weighted by Gasteiger charge is 1.95. The zero-order valence-corrected chi connectivity index (χ0v) is 8.22. The lowest BCUT2D eigenvalue weighted by atomic mass is 10.2. The first-order valence-electron chi connectivity index (χ1n) is 4.71. The van der Waals surface area contributed by atoms with Crippen LogP contribution in [0.4, 0.5) is 0 Å². The van der Waals surface area contributed by atoms with Crippen LogP contribution in [0.1, 0.15) is 11.3 Å². The number of nitrogens with zero attached hydrogens (tertiary/aromatic N) is 1. The van der Waals surface area contributed by atoms with E-state index in [0.717, 1.165) is 11.3 Å².